The Morgan fingerprint density at radius 1 is 1.32 bits per heavy atom. The number of hydrogen-bond acceptors (Lipinski definition) is 6. The second-order valence-corrected chi connectivity index (χ2v) is 6.06. The number of rotatable bonds is 7. The molecular formula is C18H23N3O4. The van der Waals surface area contributed by atoms with Crippen LogP contribution in [0.3, 0.4) is 0 Å². The first kappa shape index (κ1) is 17.4. The summed E-state index contributed by atoms with van der Waals surface area (Å²) in [5.41, 5.74) is 0. The molecule has 25 heavy (non-hydrogen) atoms. The molecule has 2 heterocycles. The molecule has 1 aromatic heterocycles. The van der Waals surface area contributed by atoms with Crippen molar-refractivity contribution in [3.8, 4) is 5.75 Å². The van der Waals surface area contributed by atoms with Crippen LogP contribution in [-0.2, 0) is 9.53 Å². The van der Waals surface area contributed by atoms with Gasteiger partial charge in [-0.2, -0.15) is 4.98 Å². The molecule has 3 rings (SSSR count). The van der Waals surface area contributed by atoms with Gasteiger partial charge in [0.05, 0.1) is 6.61 Å². The van der Waals surface area contributed by atoms with Gasteiger partial charge in [0.1, 0.15) is 19.0 Å². The number of aryl methyl sites for hydroxylation is 1. The molecule has 1 aliphatic heterocycles. The maximum absolute atomic E-state index is 12.3. The minimum absolute atomic E-state index is 0.00960. The van der Waals surface area contributed by atoms with Crippen LogP contribution in [-0.4, -0.2) is 53.9 Å². The zero-order chi connectivity index (χ0) is 17.5. The Morgan fingerprint density at radius 2 is 2.16 bits per heavy atom. The molecule has 7 nitrogen and oxygen atoms in total. The molecule has 0 unspecified atom stereocenters. The number of amides is 1. The summed E-state index contributed by atoms with van der Waals surface area (Å²) >= 11 is 0. The SMILES string of the molecule is Cc1nc([C@H]2CCCN(C(=O)COCCOc3ccccc3)C2)no1. The van der Waals surface area contributed by atoms with E-state index < -0.39 is 0 Å². The third-order valence-corrected chi connectivity index (χ3v) is 4.15. The Morgan fingerprint density at radius 3 is 2.92 bits per heavy atom. The first-order valence-electron chi connectivity index (χ1n) is 8.56. The summed E-state index contributed by atoms with van der Waals surface area (Å²) in [5, 5.41) is 3.98. The van der Waals surface area contributed by atoms with Crippen molar-refractivity contribution >= 4 is 5.91 Å². The fourth-order valence-electron chi connectivity index (χ4n) is 2.88. The van der Waals surface area contributed by atoms with Crippen LogP contribution in [0.4, 0.5) is 0 Å². The van der Waals surface area contributed by atoms with E-state index in [1.165, 1.54) is 0 Å². The zero-order valence-electron chi connectivity index (χ0n) is 14.4. The number of carbonyl (C=O) groups excluding carboxylic acids is 1. The van der Waals surface area contributed by atoms with Crippen LogP contribution in [0.25, 0.3) is 0 Å². The van der Waals surface area contributed by atoms with E-state index in [1.54, 1.807) is 6.92 Å². The van der Waals surface area contributed by atoms with Gasteiger partial charge in [-0.3, -0.25) is 4.79 Å². The van der Waals surface area contributed by atoms with E-state index in [0.29, 0.717) is 31.5 Å². The average molecular weight is 345 g/mol. The van der Waals surface area contributed by atoms with E-state index in [1.807, 2.05) is 35.2 Å². The Labute approximate surface area is 146 Å². The highest BCUT2D eigenvalue weighted by Gasteiger charge is 2.27. The molecule has 1 amide bonds. The summed E-state index contributed by atoms with van der Waals surface area (Å²) in [5.74, 6) is 2.17. The Hall–Kier alpha value is -2.41. The maximum Gasteiger partial charge on any atom is 0.248 e. The normalized spacial score (nSPS) is 17.5. The summed E-state index contributed by atoms with van der Waals surface area (Å²) in [7, 11) is 0. The average Bonchev–Trinajstić information content (AvgIpc) is 3.09. The molecule has 1 saturated heterocycles. The van der Waals surface area contributed by atoms with Crippen molar-refractivity contribution in [3.63, 3.8) is 0 Å². The number of ether oxygens (including phenoxy) is 2. The lowest BCUT2D eigenvalue weighted by atomic mass is 9.97. The van der Waals surface area contributed by atoms with Gasteiger partial charge in [0.15, 0.2) is 5.82 Å². The number of likely N-dealkylation sites (tertiary alicyclic amines) is 1. The minimum atomic E-state index is -0.00960. The summed E-state index contributed by atoms with van der Waals surface area (Å²) < 4.78 is 16.0. The standard InChI is InChI=1S/C18H23N3O4/c1-14-19-18(20-25-14)15-6-5-9-21(12-15)17(22)13-23-10-11-24-16-7-3-2-4-8-16/h2-4,7-8,15H,5-6,9-13H2,1H3/t15-/m0/s1. The fraction of sp³-hybridized carbons (Fsp3) is 0.500. The first-order chi connectivity index (χ1) is 12.2. The van der Waals surface area contributed by atoms with Gasteiger partial charge in [-0.1, -0.05) is 23.4 Å². The highest BCUT2D eigenvalue weighted by atomic mass is 16.5. The van der Waals surface area contributed by atoms with Gasteiger partial charge >= 0.3 is 0 Å². The van der Waals surface area contributed by atoms with Crippen LogP contribution < -0.4 is 4.74 Å². The van der Waals surface area contributed by atoms with E-state index in [4.69, 9.17) is 14.0 Å². The van der Waals surface area contributed by atoms with Gasteiger partial charge < -0.3 is 18.9 Å². The van der Waals surface area contributed by atoms with Crippen molar-refractivity contribution in [2.75, 3.05) is 32.9 Å². The minimum Gasteiger partial charge on any atom is -0.491 e. The predicted molar refractivity (Wildman–Crippen MR) is 90.3 cm³/mol. The number of hydrogen-bond donors (Lipinski definition) is 0. The molecule has 0 N–H and O–H groups in total. The van der Waals surface area contributed by atoms with E-state index >= 15 is 0 Å². The van der Waals surface area contributed by atoms with Crippen molar-refractivity contribution in [2.24, 2.45) is 0 Å². The first-order valence-corrected chi connectivity index (χ1v) is 8.56. The molecule has 0 aliphatic carbocycles. The smallest absolute Gasteiger partial charge is 0.248 e. The lowest BCUT2D eigenvalue weighted by Crippen LogP contribution is -2.41. The van der Waals surface area contributed by atoms with Crippen molar-refractivity contribution in [1.82, 2.24) is 15.0 Å². The molecule has 0 saturated carbocycles. The fourth-order valence-corrected chi connectivity index (χ4v) is 2.88. The van der Waals surface area contributed by atoms with Crippen molar-refractivity contribution in [2.45, 2.75) is 25.7 Å². The largest absolute Gasteiger partial charge is 0.491 e. The molecular weight excluding hydrogens is 322 g/mol. The van der Waals surface area contributed by atoms with Crippen molar-refractivity contribution in [1.29, 1.82) is 0 Å². The second-order valence-electron chi connectivity index (χ2n) is 6.06. The predicted octanol–water partition coefficient (Wildman–Crippen LogP) is 2.18. The van der Waals surface area contributed by atoms with Crippen LogP contribution >= 0.6 is 0 Å². The number of carbonyl (C=O) groups is 1. The van der Waals surface area contributed by atoms with Crippen LogP contribution in [0.15, 0.2) is 34.9 Å². The van der Waals surface area contributed by atoms with Gasteiger partial charge in [-0.05, 0) is 25.0 Å². The Bertz CT molecular complexity index is 674. The van der Waals surface area contributed by atoms with Crippen molar-refractivity contribution < 1.29 is 18.8 Å². The monoisotopic (exact) mass is 345 g/mol. The quantitative estimate of drug-likeness (QED) is 0.716. The van der Waals surface area contributed by atoms with Gasteiger partial charge in [0.25, 0.3) is 0 Å². The lowest BCUT2D eigenvalue weighted by Gasteiger charge is -2.31. The molecule has 134 valence electrons. The third-order valence-electron chi connectivity index (χ3n) is 4.15. The summed E-state index contributed by atoms with van der Waals surface area (Å²) in [6.45, 7) is 3.99. The van der Waals surface area contributed by atoms with Gasteiger partial charge in [0, 0.05) is 25.9 Å². The molecule has 0 spiro atoms. The summed E-state index contributed by atoms with van der Waals surface area (Å²) in [4.78, 5) is 18.4. The lowest BCUT2D eigenvalue weighted by molar-refractivity contribution is -0.137. The van der Waals surface area contributed by atoms with Crippen LogP contribution in [0.5, 0.6) is 5.75 Å². The highest BCUT2D eigenvalue weighted by molar-refractivity contribution is 5.77. The zero-order valence-corrected chi connectivity index (χ0v) is 14.4. The second kappa shape index (κ2) is 8.62. The van der Waals surface area contributed by atoms with E-state index in [0.717, 1.165) is 25.1 Å². The van der Waals surface area contributed by atoms with Crippen LogP contribution in [0.1, 0.15) is 30.5 Å². The van der Waals surface area contributed by atoms with Gasteiger partial charge in [-0.15, -0.1) is 0 Å². The molecule has 0 radical (unpaired) electrons. The molecule has 2 aromatic rings. The number of nitrogens with zero attached hydrogens (tertiary/aromatic N) is 3. The number of aromatic nitrogens is 2. The number of benzene rings is 1. The van der Waals surface area contributed by atoms with Crippen molar-refractivity contribution in [3.05, 3.63) is 42.0 Å². The molecule has 1 atom stereocenters. The highest BCUT2D eigenvalue weighted by Crippen LogP contribution is 2.24. The van der Waals surface area contributed by atoms with Crippen LogP contribution in [0, 0.1) is 6.92 Å². The summed E-state index contributed by atoms with van der Waals surface area (Å²) in [6.07, 6.45) is 1.90. The topological polar surface area (TPSA) is 77.7 Å². The molecule has 1 aliphatic rings. The third kappa shape index (κ3) is 5.03. The number of piperidine rings is 1. The molecule has 7 heteroatoms. The van der Waals surface area contributed by atoms with Crippen LogP contribution in [0.2, 0.25) is 0 Å². The summed E-state index contributed by atoms with van der Waals surface area (Å²) in [6, 6.07) is 9.54. The van der Waals surface area contributed by atoms with E-state index in [9.17, 15) is 4.79 Å². The Balaban J connectivity index is 1.37. The van der Waals surface area contributed by atoms with Gasteiger partial charge in [-0.25, -0.2) is 0 Å². The van der Waals surface area contributed by atoms with Gasteiger partial charge in [0.2, 0.25) is 11.8 Å². The maximum atomic E-state index is 12.3. The molecule has 1 fully saturated rings. The van der Waals surface area contributed by atoms with E-state index in [-0.39, 0.29) is 18.4 Å². The molecule has 1 aromatic carbocycles. The Kier molecular flexibility index (Phi) is 6.00. The van der Waals surface area contributed by atoms with E-state index in [2.05, 4.69) is 10.1 Å². The number of para-hydroxylation sites is 1. The molecule has 0 bridgehead atoms.